The second-order valence-electron chi connectivity index (χ2n) is 4.18. The van der Waals surface area contributed by atoms with Gasteiger partial charge in [0.15, 0.2) is 0 Å². The highest BCUT2D eigenvalue weighted by Crippen LogP contribution is 2.45. The third-order valence-corrected chi connectivity index (χ3v) is 4.50. The topological polar surface area (TPSA) is 35.5 Å². The van der Waals surface area contributed by atoms with Crippen LogP contribution in [0, 0.1) is 6.92 Å². The van der Waals surface area contributed by atoms with Crippen LogP contribution in [0.25, 0.3) is 10.8 Å². The Morgan fingerprint density at radius 3 is 2.71 bits per heavy atom. The quantitative estimate of drug-likeness (QED) is 0.758. The van der Waals surface area contributed by atoms with Gasteiger partial charge < -0.3 is 5.11 Å². The molecule has 0 unspecified atom stereocenters. The molecule has 0 atom stereocenters. The molecule has 0 bridgehead atoms. The Labute approximate surface area is 105 Å². The van der Waals surface area contributed by atoms with E-state index in [9.17, 15) is 5.11 Å². The standard InChI is InChI=1S/C13H14N2OS/c1-8-12(16)10-6-4-3-5-9(10)11-7-15(14-2)17-13(8)11/h3-6,14,16H,7H2,1-2H3. The van der Waals surface area contributed by atoms with E-state index in [0.29, 0.717) is 5.75 Å². The molecule has 17 heavy (non-hydrogen) atoms. The summed E-state index contributed by atoms with van der Waals surface area (Å²) in [6, 6.07) is 8.04. The Kier molecular flexibility index (Phi) is 2.50. The number of aromatic hydroxyl groups is 1. The van der Waals surface area contributed by atoms with Gasteiger partial charge in [-0.05, 0) is 36.9 Å². The molecule has 0 aromatic heterocycles. The molecule has 2 aromatic rings. The van der Waals surface area contributed by atoms with Gasteiger partial charge in [0, 0.05) is 15.8 Å². The largest absolute Gasteiger partial charge is 0.507 e. The Morgan fingerprint density at radius 2 is 2.00 bits per heavy atom. The number of phenolic OH excluding ortho intramolecular Hbond substituents is 1. The second kappa shape index (κ2) is 3.91. The molecule has 1 aliphatic heterocycles. The molecule has 3 nitrogen and oxygen atoms in total. The number of fused-ring (bicyclic) bond motifs is 3. The van der Waals surface area contributed by atoms with Crippen LogP contribution in [-0.4, -0.2) is 16.6 Å². The van der Waals surface area contributed by atoms with Crippen molar-refractivity contribution in [2.75, 3.05) is 7.05 Å². The second-order valence-corrected chi connectivity index (χ2v) is 5.21. The van der Waals surface area contributed by atoms with Crippen molar-refractivity contribution >= 4 is 22.7 Å². The van der Waals surface area contributed by atoms with Gasteiger partial charge in [0.05, 0.1) is 6.54 Å². The fourth-order valence-corrected chi connectivity index (χ4v) is 3.33. The van der Waals surface area contributed by atoms with Gasteiger partial charge in [0.2, 0.25) is 0 Å². The third kappa shape index (κ3) is 1.52. The Morgan fingerprint density at radius 1 is 1.29 bits per heavy atom. The lowest BCUT2D eigenvalue weighted by Gasteiger charge is -2.10. The molecule has 0 spiro atoms. The van der Waals surface area contributed by atoms with Crippen molar-refractivity contribution < 1.29 is 5.11 Å². The molecule has 3 rings (SSSR count). The van der Waals surface area contributed by atoms with Gasteiger partial charge in [0.25, 0.3) is 0 Å². The molecule has 0 amide bonds. The van der Waals surface area contributed by atoms with Crippen LogP contribution in [-0.2, 0) is 6.54 Å². The molecule has 1 heterocycles. The Bertz CT molecular complexity index is 597. The zero-order valence-electron chi connectivity index (χ0n) is 9.82. The zero-order chi connectivity index (χ0) is 12.0. The van der Waals surface area contributed by atoms with E-state index in [1.54, 1.807) is 11.9 Å². The van der Waals surface area contributed by atoms with Crippen molar-refractivity contribution in [3.8, 4) is 5.75 Å². The molecule has 0 fully saturated rings. The van der Waals surface area contributed by atoms with Crippen LogP contribution >= 0.6 is 11.9 Å². The van der Waals surface area contributed by atoms with Crippen molar-refractivity contribution in [3.05, 3.63) is 35.4 Å². The number of nitrogens with one attached hydrogen (secondary N) is 1. The van der Waals surface area contributed by atoms with Gasteiger partial charge in [0.1, 0.15) is 5.75 Å². The van der Waals surface area contributed by atoms with E-state index in [-0.39, 0.29) is 0 Å². The lowest BCUT2D eigenvalue weighted by molar-refractivity contribution is 0.393. The summed E-state index contributed by atoms with van der Waals surface area (Å²) in [5.41, 5.74) is 5.41. The van der Waals surface area contributed by atoms with Crippen LogP contribution in [0.3, 0.4) is 0 Å². The fourth-order valence-electron chi connectivity index (χ4n) is 2.30. The highest BCUT2D eigenvalue weighted by molar-refractivity contribution is 7.97. The van der Waals surface area contributed by atoms with Gasteiger partial charge in [-0.1, -0.05) is 24.3 Å². The van der Waals surface area contributed by atoms with Crippen LogP contribution in [0.1, 0.15) is 11.1 Å². The van der Waals surface area contributed by atoms with E-state index in [1.807, 2.05) is 32.2 Å². The normalized spacial score (nSPS) is 15.4. The van der Waals surface area contributed by atoms with Crippen molar-refractivity contribution in [3.63, 3.8) is 0 Å². The maximum atomic E-state index is 10.2. The minimum Gasteiger partial charge on any atom is -0.507 e. The summed E-state index contributed by atoms with van der Waals surface area (Å²) in [5.74, 6) is 0.407. The monoisotopic (exact) mass is 246 g/mol. The first-order chi connectivity index (χ1) is 8.22. The lowest BCUT2D eigenvalue weighted by atomic mass is 10.00. The van der Waals surface area contributed by atoms with Gasteiger partial charge >= 0.3 is 0 Å². The fraction of sp³-hybridized carbons (Fsp3) is 0.231. The summed E-state index contributed by atoms with van der Waals surface area (Å²) in [4.78, 5) is 1.18. The summed E-state index contributed by atoms with van der Waals surface area (Å²) in [5, 5.41) is 12.3. The average Bonchev–Trinajstić information content (AvgIpc) is 2.80. The average molecular weight is 246 g/mol. The predicted molar refractivity (Wildman–Crippen MR) is 70.8 cm³/mol. The van der Waals surface area contributed by atoms with Crippen molar-refractivity contribution in [1.29, 1.82) is 0 Å². The minimum absolute atomic E-state index is 0.407. The van der Waals surface area contributed by atoms with Crippen LogP contribution in [0.4, 0.5) is 0 Å². The molecule has 1 aliphatic rings. The molecule has 2 N–H and O–H groups in total. The summed E-state index contributed by atoms with van der Waals surface area (Å²) >= 11 is 1.65. The molecule has 0 saturated carbocycles. The SMILES string of the molecule is CNN1Cc2c(c(C)c(O)c3ccccc23)S1. The first-order valence-corrected chi connectivity index (χ1v) is 6.35. The van der Waals surface area contributed by atoms with Crippen molar-refractivity contribution in [2.45, 2.75) is 18.4 Å². The van der Waals surface area contributed by atoms with Gasteiger partial charge in [-0.15, -0.1) is 0 Å². The molecule has 88 valence electrons. The number of phenols is 1. The highest BCUT2D eigenvalue weighted by Gasteiger charge is 2.25. The number of hydrazine groups is 1. The first-order valence-electron chi connectivity index (χ1n) is 5.58. The number of hydrogen-bond acceptors (Lipinski definition) is 4. The number of nitrogens with zero attached hydrogens (tertiary/aromatic N) is 1. The van der Waals surface area contributed by atoms with E-state index < -0.39 is 0 Å². The van der Waals surface area contributed by atoms with Crippen LogP contribution in [0.2, 0.25) is 0 Å². The molecule has 2 aromatic carbocycles. The minimum atomic E-state index is 0.407. The van der Waals surface area contributed by atoms with E-state index in [4.69, 9.17) is 0 Å². The summed E-state index contributed by atoms with van der Waals surface area (Å²) < 4.78 is 2.07. The summed E-state index contributed by atoms with van der Waals surface area (Å²) in [7, 11) is 1.91. The van der Waals surface area contributed by atoms with Crippen LogP contribution < -0.4 is 5.43 Å². The number of rotatable bonds is 1. The molecular weight excluding hydrogens is 232 g/mol. The smallest absolute Gasteiger partial charge is 0.127 e. The summed E-state index contributed by atoms with van der Waals surface area (Å²) in [6.07, 6.45) is 0. The Hall–Kier alpha value is -1.23. The molecule has 0 saturated heterocycles. The zero-order valence-corrected chi connectivity index (χ0v) is 10.6. The van der Waals surface area contributed by atoms with Crippen LogP contribution in [0.15, 0.2) is 29.2 Å². The molecule has 0 aliphatic carbocycles. The number of hydrogen-bond donors (Lipinski definition) is 2. The third-order valence-electron chi connectivity index (χ3n) is 3.23. The lowest BCUT2D eigenvalue weighted by Crippen LogP contribution is -2.23. The van der Waals surface area contributed by atoms with Crippen LogP contribution in [0.5, 0.6) is 5.75 Å². The molecular formula is C13H14N2OS. The predicted octanol–water partition coefficient (Wildman–Crippen LogP) is 2.81. The molecule has 0 radical (unpaired) electrons. The summed E-state index contributed by atoms with van der Waals surface area (Å²) in [6.45, 7) is 2.84. The maximum absolute atomic E-state index is 10.2. The van der Waals surface area contributed by atoms with E-state index >= 15 is 0 Å². The maximum Gasteiger partial charge on any atom is 0.127 e. The van der Waals surface area contributed by atoms with Gasteiger partial charge in [-0.2, -0.15) is 4.41 Å². The highest BCUT2D eigenvalue weighted by atomic mass is 32.2. The number of benzene rings is 2. The Balaban J connectivity index is 2.33. The van der Waals surface area contributed by atoms with E-state index in [2.05, 4.69) is 15.9 Å². The molecule has 4 heteroatoms. The van der Waals surface area contributed by atoms with E-state index in [0.717, 1.165) is 22.9 Å². The van der Waals surface area contributed by atoms with E-state index in [1.165, 1.54) is 10.5 Å². The van der Waals surface area contributed by atoms with Crippen molar-refractivity contribution in [2.24, 2.45) is 0 Å². The first kappa shape index (κ1) is 10.9. The van der Waals surface area contributed by atoms with Gasteiger partial charge in [-0.25, -0.2) is 5.43 Å². The van der Waals surface area contributed by atoms with Gasteiger partial charge in [-0.3, -0.25) is 0 Å². The van der Waals surface area contributed by atoms with Crippen molar-refractivity contribution in [1.82, 2.24) is 9.84 Å².